The molecule has 3 nitrogen and oxygen atoms in total. The number of hydrogen-bond acceptors (Lipinski definition) is 3. The van der Waals surface area contributed by atoms with E-state index < -0.39 is 5.97 Å². The van der Waals surface area contributed by atoms with Crippen molar-refractivity contribution in [3.8, 4) is 0 Å². The van der Waals surface area contributed by atoms with E-state index in [-0.39, 0.29) is 18.2 Å². The Labute approximate surface area is 139 Å². The molecule has 24 heavy (non-hydrogen) atoms. The third-order valence-electron chi connectivity index (χ3n) is 4.03. The molecule has 0 N–H and O–H groups in total. The first-order valence-corrected chi connectivity index (χ1v) is 7.87. The summed E-state index contributed by atoms with van der Waals surface area (Å²) in [7, 11) is 0. The largest absolute Gasteiger partial charge is 0.454 e. The van der Waals surface area contributed by atoms with Crippen molar-refractivity contribution in [2.45, 2.75) is 19.3 Å². The van der Waals surface area contributed by atoms with Gasteiger partial charge in [-0.2, -0.15) is 0 Å². The van der Waals surface area contributed by atoms with Crippen LogP contribution in [-0.2, 0) is 22.4 Å². The van der Waals surface area contributed by atoms with Crippen molar-refractivity contribution in [3.63, 3.8) is 0 Å². The van der Waals surface area contributed by atoms with Crippen LogP contribution in [0.2, 0.25) is 0 Å². The number of Topliss-reactive ketones (excluding diaryl/α,β-unsaturated/α-hetero) is 1. The van der Waals surface area contributed by atoms with Gasteiger partial charge in [0.1, 0.15) is 5.82 Å². The number of halogens is 1. The number of carbonyl (C=O) groups excluding carboxylic acids is 2. The lowest BCUT2D eigenvalue weighted by Gasteiger charge is -2.05. The molecule has 0 aliphatic heterocycles. The second-order valence-electron chi connectivity index (χ2n) is 5.76. The van der Waals surface area contributed by atoms with Crippen molar-refractivity contribution < 1.29 is 18.7 Å². The molecule has 0 amide bonds. The Balaban J connectivity index is 1.55. The van der Waals surface area contributed by atoms with Crippen LogP contribution in [0.25, 0.3) is 6.08 Å². The maximum absolute atomic E-state index is 13.0. The first-order valence-electron chi connectivity index (χ1n) is 7.87. The molecule has 0 saturated heterocycles. The molecule has 1 aliphatic rings. The maximum Gasteiger partial charge on any atom is 0.331 e. The zero-order chi connectivity index (χ0) is 16.9. The van der Waals surface area contributed by atoms with Gasteiger partial charge in [0, 0.05) is 11.6 Å². The van der Waals surface area contributed by atoms with Crippen molar-refractivity contribution in [2.75, 3.05) is 6.61 Å². The van der Waals surface area contributed by atoms with Crippen molar-refractivity contribution >= 4 is 17.8 Å². The number of carbonyl (C=O) groups is 2. The number of rotatable bonds is 5. The highest BCUT2D eigenvalue weighted by Crippen LogP contribution is 2.23. The molecule has 122 valence electrons. The quantitative estimate of drug-likeness (QED) is 0.478. The Bertz CT molecular complexity index is 808. The molecule has 1 aliphatic carbocycles. The van der Waals surface area contributed by atoms with E-state index in [1.54, 1.807) is 18.2 Å². The summed E-state index contributed by atoms with van der Waals surface area (Å²) in [6, 6.07) is 11.5. The van der Waals surface area contributed by atoms with Gasteiger partial charge in [0.05, 0.1) is 0 Å². The van der Waals surface area contributed by atoms with E-state index in [4.69, 9.17) is 4.74 Å². The molecule has 0 atom stereocenters. The first-order chi connectivity index (χ1) is 11.6. The predicted molar refractivity (Wildman–Crippen MR) is 89.2 cm³/mol. The molecule has 3 rings (SSSR count). The second-order valence-corrected chi connectivity index (χ2v) is 5.76. The van der Waals surface area contributed by atoms with Crippen LogP contribution in [0.3, 0.4) is 0 Å². The van der Waals surface area contributed by atoms with Gasteiger partial charge in [0.15, 0.2) is 12.4 Å². The van der Waals surface area contributed by atoms with Gasteiger partial charge in [-0.3, -0.25) is 4.79 Å². The number of aryl methyl sites for hydroxylation is 2. The van der Waals surface area contributed by atoms with Crippen molar-refractivity contribution in [1.82, 2.24) is 0 Å². The smallest absolute Gasteiger partial charge is 0.331 e. The number of hydrogen-bond donors (Lipinski definition) is 0. The molecular weight excluding hydrogens is 307 g/mol. The minimum Gasteiger partial charge on any atom is -0.454 e. The fourth-order valence-corrected chi connectivity index (χ4v) is 2.79. The summed E-state index contributed by atoms with van der Waals surface area (Å²) < 4.78 is 18.0. The highest BCUT2D eigenvalue weighted by molar-refractivity contribution is 5.99. The fraction of sp³-hybridized carbons (Fsp3) is 0.200. The van der Waals surface area contributed by atoms with Gasteiger partial charge in [-0.05, 0) is 60.2 Å². The molecule has 0 unspecified atom stereocenters. The maximum atomic E-state index is 13.0. The molecule has 0 spiro atoms. The molecule has 0 aromatic heterocycles. The summed E-state index contributed by atoms with van der Waals surface area (Å²) in [6.45, 7) is -0.300. The third-order valence-corrected chi connectivity index (χ3v) is 4.03. The van der Waals surface area contributed by atoms with Crippen LogP contribution in [0.1, 0.15) is 33.5 Å². The molecule has 0 bridgehead atoms. The molecule has 4 heteroatoms. The minimum absolute atomic E-state index is 0.225. The first kappa shape index (κ1) is 16.1. The van der Waals surface area contributed by atoms with Gasteiger partial charge < -0.3 is 4.74 Å². The second kappa shape index (κ2) is 7.21. The van der Waals surface area contributed by atoms with E-state index >= 15 is 0 Å². The van der Waals surface area contributed by atoms with E-state index in [2.05, 4.69) is 0 Å². The summed E-state index contributed by atoms with van der Waals surface area (Å²) in [5.74, 6) is -1.23. The summed E-state index contributed by atoms with van der Waals surface area (Å²) in [5, 5.41) is 0. The number of benzene rings is 2. The highest BCUT2D eigenvalue weighted by Gasteiger charge is 2.14. The lowest BCUT2D eigenvalue weighted by molar-refractivity contribution is -0.136. The summed E-state index contributed by atoms with van der Waals surface area (Å²) in [4.78, 5) is 23.8. The van der Waals surface area contributed by atoms with Crippen LogP contribution in [-0.4, -0.2) is 18.4 Å². The number of esters is 1. The Morgan fingerprint density at radius 2 is 1.92 bits per heavy atom. The number of ether oxygens (including phenoxy) is 1. The fourth-order valence-electron chi connectivity index (χ4n) is 2.79. The number of fused-ring (bicyclic) bond motifs is 1. The van der Waals surface area contributed by atoms with Crippen LogP contribution >= 0.6 is 0 Å². The molecule has 2 aromatic rings. The zero-order valence-corrected chi connectivity index (χ0v) is 13.1. The van der Waals surface area contributed by atoms with Crippen molar-refractivity contribution in [3.05, 3.63) is 76.6 Å². The summed E-state index contributed by atoms with van der Waals surface area (Å²) in [5.41, 5.74) is 3.62. The number of ketones is 1. The monoisotopic (exact) mass is 324 g/mol. The summed E-state index contributed by atoms with van der Waals surface area (Å²) >= 11 is 0. The molecule has 0 fully saturated rings. The van der Waals surface area contributed by atoms with Crippen LogP contribution < -0.4 is 0 Å². The molecule has 0 radical (unpaired) electrons. The minimum atomic E-state index is -0.631. The van der Waals surface area contributed by atoms with Crippen molar-refractivity contribution in [1.29, 1.82) is 0 Å². The summed E-state index contributed by atoms with van der Waals surface area (Å²) in [6.07, 6.45) is 5.80. The van der Waals surface area contributed by atoms with Crippen LogP contribution in [0, 0.1) is 5.82 Å². The van der Waals surface area contributed by atoms with Gasteiger partial charge in [-0.15, -0.1) is 0 Å². The van der Waals surface area contributed by atoms with E-state index in [0.29, 0.717) is 11.1 Å². The Kier molecular flexibility index (Phi) is 4.85. The Morgan fingerprint density at radius 3 is 2.75 bits per heavy atom. The van der Waals surface area contributed by atoms with E-state index in [1.165, 1.54) is 35.4 Å². The van der Waals surface area contributed by atoms with E-state index in [0.717, 1.165) is 19.3 Å². The highest BCUT2D eigenvalue weighted by atomic mass is 19.1. The molecule has 0 saturated carbocycles. The average molecular weight is 324 g/mol. The Morgan fingerprint density at radius 1 is 1.08 bits per heavy atom. The van der Waals surface area contributed by atoms with Crippen LogP contribution in [0.5, 0.6) is 0 Å². The third kappa shape index (κ3) is 3.96. The normalized spacial score (nSPS) is 13.0. The molecule has 0 heterocycles. The van der Waals surface area contributed by atoms with Gasteiger partial charge in [-0.1, -0.05) is 24.3 Å². The van der Waals surface area contributed by atoms with Gasteiger partial charge in [0.2, 0.25) is 0 Å². The predicted octanol–water partition coefficient (Wildman–Crippen LogP) is 3.75. The molecule has 2 aromatic carbocycles. The lowest BCUT2D eigenvalue weighted by Crippen LogP contribution is -2.12. The zero-order valence-electron chi connectivity index (χ0n) is 13.1. The standard InChI is InChI=1S/C20H17FO3/c21-18-6-1-3-14(11-18)7-10-20(23)24-13-19(22)17-9-8-15-4-2-5-16(15)12-17/h1,3,6-12H,2,4-5,13H2/b10-7+. The van der Waals surface area contributed by atoms with Crippen molar-refractivity contribution in [2.24, 2.45) is 0 Å². The van der Waals surface area contributed by atoms with Gasteiger partial charge in [0.25, 0.3) is 0 Å². The van der Waals surface area contributed by atoms with Crippen LogP contribution in [0.15, 0.2) is 48.5 Å². The van der Waals surface area contributed by atoms with Gasteiger partial charge >= 0.3 is 5.97 Å². The topological polar surface area (TPSA) is 43.4 Å². The Hall–Kier alpha value is -2.75. The van der Waals surface area contributed by atoms with E-state index in [9.17, 15) is 14.0 Å². The van der Waals surface area contributed by atoms with Gasteiger partial charge in [-0.25, -0.2) is 9.18 Å². The SMILES string of the molecule is O=C(/C=C/c1cccc(F)c1)OCC(=O)c1ccc2c(c1)CCC2. The average Bonchev–Trinajstić information content (AvgIpc) is 3.05. The van der Waals surface area contributed by atoms with Crippen LogP contribution in [0.4, 0.5) is 4.39 Å². The van der Waals surface area contributed by atoms with E-state index in [1.807, 2.05) is 12.1 Å². The lowest BCUT2D eigenvalue weighted by atomic mass is 10.0. The molecular formula is C20H17FO3.